The molecule has 104 valence electrons. The fourth-order valence-corrected chi connectivity index (χ4v) is 2.96. The number of hydrogen-bond acceptors (Lipinski definition) is 2. The zero-order valence-corrected chi connectivity index (χ0v) is 12.1. The Morgan fingerprint density at radius 2 is 2.11 bits per heavy atom. The van der Waals surface area contributed by atoms with E-state index >= 15 is 0 Å². The van der Waals surface area contributed by atoms with Crippen molar-refractivity contribution in [1.82, 2.24) is 4.90 Å². The van der Waals surface area contributed by atoms with E-state index in [1.54, 1.807) is 0 Å². The van der Waals surface area contributed by atoms with Crippen LogP contribution in [0.1, 0.15) is 47.7 Å². The number of carbonyl (C=O) groups excluding carboxylic acids is 1. The number of rotatable bonds is 2. The summed E-state index contributed by atoms with van der Waals surface area (Å²) >= 11 is 0. The molecule has 1 aromatic rings. The minimum Gasteiger partial charge on any atom is -0.334 e. The zero-order chi connectivity index (χ0) is 14.0. The number of hydrogen-bond donors (Lipinski definition) is 1. The molecule has 1 aliphatic heterocycles. The lowest BCUT2D eigenvalue weighted by Gasteiger charge is -2.38. The van der Waals surface area contributed by atoms with Gasteiger partial charge in [-0.25, -0.2) is 0 Å². The van der Waals surface area contributed by atoms with Crippen molar-refractivity contribution < 1.29 is 4.79 Å². The van der Waals surface area contributed by atoms with Crippen LogP contribution < -0.4 is 5.73 Å². The lowest BCUT2D eigenvalue weighted by atomic mass is 9.95. The molecule has 1 saturated heterocycles. The number of likely N-dealkylation sites (tertiary alicyclic amines) is 1. The van der Waals surface area contributed by atoms with E-state index in [9.17, 15) is 4.79 Å². The summed E-state index contributed by atoms with van der Waals surface area (Å²) in [4.78, 5) is 14.7. The summed E-state index contributed by atoms with van der Waals surface area (Å²) in [6.45, 7) is 6.88. The summed E-state index contributed by atoms with van der Waals surface area (Å²) in [5.41, 5.74) is 9.11. The van der Waals surface area contributed by atoms with Gasteiger partial charge < -0.3 is 10.6 Å². The third kappa shape index (κ3) is 2.98. The van der Waals surface area contributed by atoms with Gasteiger partial charge in [-0.15, -0.1) is 0 Å². The van der Waals surface area contributed by atoms with E-state index in [1.807, 2.05) is 37.8 Å². The molecule has 1 aliphatic rings. The van der Waals surface area contributed by atoms with E-state index in [-0.39, 0.29) is 18.0 Å². The van der Waals surface area contributed by atoms with E-state index in [4.69, 9.17) is 5.73 Å². The Hall–Kier alpha value is -1.35. The molecule has 2 N–H and O–H groups in total. The van der Waals surface area contributed by atoms with Gasteiger partial charge in [0.1, 0.15) is 0 Å². The number of benzene rings is 1. The van der Waals surface area contributed by atoms with Crippen LogP contribution in [0.25, 0.3) is 0 Å². The first-order chi connectivity index (χ1) is 9.00. The first kappa shape index (κ1) is 14.1. The second kappa shape index (κ2) is 5.74. The lowest BCUT2D eigenvalue weighted by Crippen LogP contribution is -2.51. The van der Waals surface area contributed by atoms with Gasteiger partial charge in [0.15, 0.2) is 0 Å². The molecule has 0 aromatic heterocycles. The van der Waals surface area contributed by atoms with Crippen molar-refractivity contribution in [1.29, 1.82) is 0 Å². The van der Waals surface area contributed by atoms with Gasteiger partial charge >= 0.3 is 0 Å². The summed E-state index contributed by atoms with van der Waals surface area (Å²) in [5, 5.41) is 0. The van der Waals surface area contributed by atoms with Crippen molar-refractivity contribution in [2.75, 3.05) is 6.54 Å². The molecule has 0 radical (unpaired) electrons. The molecule has 0 unspecified atom stereocenters. The molecule has 1 heterocycles. The molecule has 3 nitrogen and oxygen atoms in total. The van der Waals surface area contributed by atoms with Crippen molar-refractivity contribution in [3.63, 3.8) is 0 Å². The molecule has 3 heteroatoms. The minimum absolute atomic E-state index is 0.0370. The van der Waals surface area contributed by atoms with Crippen molar-refractivity contribution in [3.8, 4) is 0 Å². The van der Waals surface area contributed by atoms with Gasteiger partial charge in [0.05, 0.1) is 0 Å². The first-order valence-corrected chi connectivity index (χ1v) is 7.14. The SMILES string of the molecule is Cc1ccc(C(=O)N2CCCC[C@H]2[C@@H](C)N)c(C)c1. The van der Waals surface area contributed by atoms with E-state index in [2.05, 4.69) is 6.07 Å². The lowest BCUT2D eigenvalue weighted by molar-refractivity contribution is 0.0583. The van der Waals surface area contributed by atoms with Crippen molar-refractivity contribution >= 4 is 5.91 Å². The molecule has 1 amide bonds. The zero-order valence-electron chi connectivity index (χ0n) is 12.1. The minimum atomic E-state index is 0.0370. The van der Waals surface area contributed by atoms with Crippen LogP contribution in [0.5, 0.6) is 0 Å². The highest BCUT2D eigenvalue weighted by atomic mass is 16.2. The van der Waals surface area contributed by atoms with Crippen LogP contribution in [0.3, 0.4) is 0 Å². The van der Waals surface area contributed by atoms with Gasteiger partial charge in [-0.1, -0.05) is 17.7 Å². The maximum atomic E-state index is 12.7. The van der Waals surface area contributed by atoms with E-state index in [1.165, 1.54) is 12.0 Å². The second-order valence-corrected chi connectivity index (χ2v) is 5.74. The molecule has 0 aliphatic carbocycles. The monoisotopic (exact) mass is 260 g/mol. The molecule has 0 saturated carbocycles. The fourth-order valence-electron chi connectivity index (χ4n) is 2.96. The Morgan fingerprint density at radius 1 is 1.37 bits per heavy atom. The summed E-state index contributed by atoms with van der Waals surface area (Å²) < 4.78 is 0. The number of amides is 1. The maximum absolute atomic E-state index is 12.7. The van der Waals surface area contributed by atoms with Crippen LogP contribution in [0.2, 0.25) is 0 Å². The summed E-state index contributed by atoms with van der Waals surface area (Å²) in [6, 6.07) is 6.24. The standard InChI is InChI=1S/C16H24N2O/c1-11-7-8-14(12(2)10-11)16(19)18-9-5-4-6-15(18)13(3)17/h7-8,10,13,15H,4-6,9,17H2,1-3H3/t13-,15+/m1/s1. The Bertz CT molecular complexity index is 468. The predicted octanol–water partition coefficient (Wildman–Crippen LogP) is 2.65. The van der Waals surface area contributed by atoms with Crippen LogP contribution >= 0.6 is 0 Å². The molecular weight excluding hydrogens is 236 g/mol. The van der Waals surface area contributed by atoms with Gasteiger partial charge in [-0.2, -0.15) is 0 Å². The van der Waals surface area contributed by atoms with E-state index < -0.39 is 0 Å². The highest BCUT2D eigenvalue weighted by Gasteiger charge is 2.30. The van der Waals surface area contributed by atoms with Gasteiger partial charge in [-0.05, 0) is 51.7 Å². The number of piperidine rings is 1. The highest BCUT2D eigenvalue weighted by Crippen LogP contribution is 2.23. The third-order valence-corrected chi connectivity index (χ3v) is 4.03. The number of nitrogens with two attached hydrogens (primary N) is 1. The van der Waals surface area contributed by atoms with Gasteiger partial charge in [0.25, 0.3) is 5.91 Å². The Morgan fingerprint density at radius 3 is 2.74 bits per heavy atom. The van der Waals surface area contributed by atoms with Crippen LogP contribution in [-0.2, 0) is 0 Å². The molecule has 0 spiro atoms. The number of aryl methyl sites for hydroxylation is 2. The topological polar surface area (TPSA) is 46.3 Å². The summed E-state index contributed by atoms with van der Waals surface area (Å²) in [6.07, 6.45) is 3.27. The quantitative estimate of drug-likeness (QED) is 0.888. The largest absolute Gasteiger partial charge is 0.334 e. The maximum Gasteiger partial charge on any atom is 0.254 e. The van der Waals surface area contributed by atoms with Crippen LogP contribution in [0, 0.1) is 13.8 Å². The van der Waals surface area contributed by atoms with Gasteiger partial charge in [-0.3, -0.25) is 4.79 Å². The summed E-state index contributed by atoms with van der Waals surface area (Å²) in [7, 11) is 0. The van der Waals surface area contributed by atoms with Crippen molar-refractivity contribution in [3.05, 3.63) is 34.9 Å². The number of nitrogens with zero attached hydrogens (tertiary/aromatic N) is 1. The first-order valence-electron chi connectivity index (χ1n) is 7.14. The van der Waals surface area contributed by atoms with Crippen LogP contribution in [0.4, 0.5) is 0 Å². The van der Waals surface area contributed by atoms with Crippen molar-refractivity contribution in [2.24, 2.45) is 5.73 Å². The molecule has 1 fully saturated rings. The van der Waals surface area contributed by atoms with Gasteiger partial charge in [0.2, 0.25) is 0 Å². The van der Waals surface area contributed by atoms with E-state index in [0.717, 1.165) is 30.5 Å². The highest BCUT2D eigenvalue weighted by molar-refractivity contribution is 5.96. The number of carbonyl (C=O) groups is 1. The van der Waals surface area contributed by atoms with Gasteiger partial charge in [0, 0.05) is 24.2 Å². The smallest absolute Gasteiger partial charge is 0.254 e. The summed E-state index contributed by atoms with van der Waals surface area (Å²) in [5.74, 6) is 0.138. The Balaban J connectivity index is 2.26. The normalized spacial score (nSPS) is 21.3. The molecule has 1 aromatic carbocycles. The Labute approximate surface area is 115 Å². The molecule has 0 bridgehead atoms. The average molecular weight is 260 g/mol. The predicted molar refractivity (Wildman–Crippen MR) is 78.2 cm³/mol. The van der Waals surface area contributed by atoms with Crippen LogP contribution in [-0.4, -0.2) is 29.4 Å². The molecule has 19 heavy (non-hydrogen) atoms. The molecule has 2 atom stereocenters. The molecule has 2 rings (SSSR count). The van der Waals surface area contributed by atoms with Crippen molar-refractivity contribution in [2.45, 2.75) is 52.1 Å². The van der Waals surface area contributed by atoms with E-state index in [0.29, 0.717) is 0 Å². The third-order valence-electron chi connectivity index (χ3n) is 4.03. The Kier molecular flexibility index (Phi) is 4.25. The molecular formula is C16H24N2O. The van der Waals surface area contributed by atoms with Crippen LogP contribution in [0.15, 0.2) is 18.2 Å². The second-order valence-electron chi connectivity index (χ2n) is 5.74. The fraction of sp³-hybridized carbons (Fsp3) is 0.562. The average Bonchev–Trinajstić information content (AvgIpc) is 2.38.